The quantitative estimate of drug-likeness (QED) is 0.586. The number of methoxy groups -OCH3 is 1. The molecule has 0 radical (unpaired) electrons. The van der Waals surface area contributed by atoms with E-state index in [2.05, 4.69) is 25.9 Å². The summed E-state index contributed by atoms with van der Waals surface area (Å²) >= 11 is 0. The highest BCUT2D eigenvalue weighted by molar-refractivity contribution is 5.80. The van der Waals surface area contributed by atoms with Crippen LogP contribution in [0.2, 0.25) is 0 Å². The van der Waals surface area contributed by atoms with Crippen molar-refractivity contribution in [3.8, 4) is 0 Å². The van der Waals surface area contributed by atoms with Crippen LogP contribution < -0.4 is 16.0 Å². The molecule has 0 aromatic carbocycles. The predicted molar refractivity (Wildman–Crippen MR) is 69.5 cm³/mol. The standard InChI is InChI=1S/C11H18FN5O2/c1-3-13-11-16-6-8(12)10(17-11)15-7-9(18)14-4-5-19-2/h6H,3-5,7H2,1-2H3,(H,14,18)(H2,13,15,16,17). The number of carbonyl (C=O) groups is 1. The molecule has 0 spiro atoms. The Hall–Kier alpha value is -1.96. The van der Waals surface area contributed by atoms with Crippen LogP contribution in [0.4, 0.5) is 16.2 Å². The Bertz CT molecular complexity index is 416. The number of ether oxygens (including phenoxy) is 1. The van der Waals surface area contributed by atoms with Crippen molar-refractivity contribution < 1.29 is 13.9 Å². The fourth-order valence-corrected chi connectivity index (χ4v) is 1.25. The third-order valence-corrected chi connectivity index (χ3v) is 2.12. The molecule has 1 aromatic rings. The van der Waals surface area contributed by atoms with Crippen LogP contribution in [-0.2, 0) is 9.53 Å². The van der Waals surface area contributed by atoms with Crippen LogP contribution in [0.15, 0.2) is 6.20 Å². The summed E-state index contributed by atoms with van der Waals surface area (Å²) in [6, 6.07) is 0. The molecule has 0 unspecified atom stereocenters. The number of hydrogen-bond acceptors (Lipinski definition) is 6. The van der Waals surface area contributed by atoms with Crippen LogP contribution in [0.25, 0.3) is 0 Å². The van der Waals surface area contributed by atoms with Gasteiger partial charge < -0.3 is 20.7 Å². The van der Waals surface area contributed by atoms with Gasteiger partial charge in [-0.2, -0.15) is 4.98 Å². The lowest BCUT2D eigenvalue weighted by Gasteiger charge is -2.09. The maximum Gasteiger partial charge on any atom is 0.239 e. The zero-order valence-corrected chi connectivity index (χ0v) is 11.0. The summed E-state index contributed by atoms with van der Waals surface area (Å²) in [5.74, 6) is -0.564. The van der Waals surface area contributed by atoms with Crippen molar-refractivity contribution in [1.29, 1.82) is 0 Å². The lowest BCUT2D eigenvalue weighted by atomic mass is 10.5. The van der Waals surface area contributed by atoms with Crippen LogP contribution >= 0.6 is 0 Å². The van der Waals surface area contributed by atoms with Crippen molar-refractivity contribution in [2.75, 3.05) is 44.0 Å². The molecule has 7 nitrogen and oxygen atoms in total. The smallest absolute Gasteiger partial charge is 0.239 e. The molecular weight excluding hydrogens is 253 g/mol. The van der Waals surface area contributed by atoms with Crippen molar-refractivity contribution in [3.05, 3.63) is 12.0 Å². The van der Waals surface area contributed by atoms with Gasteiger partial charge >= 0.3 is 0 Å². The first-order valence-corrected chi connectivity index (χ1v) is 5.93. The van der Waals surface area contributed by atoms with Crippen molar-refractivity contribution >= 4 is 17.7 Å². The Labute approximate surface area is 111 Å². The number of nitrogens with zero attached hydrogens (tertiary/aromatic N) is 2. The van der Waals surface area contributed by atoms with E-state index < -0.39 is 5.82 Å². The van der Waals surface area contributed by atoms with E-state index in [1.54, 1.807) is 7.11 Å². The second kappa shape index (κ2) is 8.20. The Kier molecular flexibility index (Phi) is 6.51. The first-order chi connectivity index (χ1) is 9.17. The molecule has 0 aliphatic carbocycles. The summed E-state index contributed by atoms with van der Waals surface area (Å²) in [5, 5.41) is 8.08. The van der Waals surface area contributed by atoms with E-state index in [9.17, 15) is 9.18 Å². The number of anilines is 2. The topological polar surface area (TPSA) is 88.2 Å². The molecule has 0 fully saturated rings. The van der Waals surface area contributed by atoms with E-state index in [1.165, 1.54) is 0 Å². The summed E-state index contributed by atoms with van der Waals surface area (Å²) in [5.41, 5.74) is 0. The molecule has 0 atom stereocenters. The molecule has 0 saturated carbocycles. The molecule has 106 valence electrons. The van der Waals surface area contributed by atoms with Gasteiger partial charge in [-0.15, -0.1) is 0 Å². The van der Waals surface area contributed by atoms with Crippen molar-refractivity contribution in [1.82, 2.24) is 15.3 Å². The van der Waals surface area contributed by atoms with Crippen molar-refractivity contribution in [3.63, 3.8) is 0 Å². The molecule has 1 aromatic heterocycles. The first kappa shape index (κ1) is 15.1. The average molecular weight is 271 g/mol. The minimum absolute atomic E-state index is 0.00663. The van der Waals surface area contributed by atoms with Crippen LogP contribution in [0.3, 0.4) is 0 Å². The van der Waals surface area contributed by atoms with E-state index in [0.29, 0.717) is 25.6 Å². The number of hydrogen-bond donors (Lipinski definition) is 3. The minimum atomic E-state index is -0.605. The van der Waals surface area contributed by atoms with Crippen LogP contribution in [0.5, 0.6) is 0 Å². The SMILES string of the molecule is CCNc1ncc(F)c(NCC(=O)NCCOC)n1. The van der Waals surface area contributed by atoms with E-state index in [1.807, 2.05) is 6.92 Å². The third-order valence-electron chi connectivity index (χ3n) is 2.12. The van der Waals surface area contributed by atoms with Gasteiger partial charge in [-0.05, 0) is 6.92 Å². The number of nitrogens with one attached hydrogen (secondary N) is 3. The number of carbonyl (C=O) groups excluding carboxylic acids is 1. The van der Waals surface area contributed by atoms with Gasteiger partial charge in [0, 0.05) is 20.2 Å². The van der Waals surface area contributed by atoms with Crippen LogP contribution in [0.1, 0.15) is 6.92 Å². The summed E-state index contributed by atoms with van der Waals surface area (Å²) < 4.78 is 18.2. The van der Waals surface area contributed by atoms with Crippen molar-refractivity contribution in [2.45, 2.75) is 6.92 Å². The van der Waals surface area contributed by atoms with Crippen LogP contribution in [-0.4, -0.2) is 49.2 Å². The second-order valence-corrected chi connectivity index (χ2v) is 3.62. The predicted octanol–water partition coefficient (Wildman–Crippen LogP) is 0.222. The molecule has 1 heterocycles. The van der Waals surface area contributed by atoms with Gasteiger partial charge in [0.1, 0.15) is 0 Å². The monoisotopic (exact) mass is 271 g/mol. The number of halogens is 1. The number of amides is 1. The minimum Gasteiger partial charge on any atom is -0.383 e. The maximum absolute atomic E-state index is 13.4. The highest BCUT2D eigenvalue weighted by Crippen LogP contribution is 2.11. The lowest BCUT2D eigenvalue weighted by molar-refractivity contribution is -0.119. The Morgan fingerprint density at radius 1 is 1.47 bits per heavy atom. The van der Waals surface area contributed by atoms with E-state index >= 15 is 0 Å². The van der Waals surface area contributed by atoms with E-state index in [0.717, 1.165) is 6.20 Å². The van der Waals surface area contributed by atoms with Gasteiger partial charge in [-0.3, -0.25) is 4.79 Å². The molecule has 3 N–H and O–H groups in total. The molecule has 19 heavy (non-hydrogen) atoms. The number of rotatable bonds is 8. The summed E-state index contributed by atoms with van der Waals surface area (Å²) in [4.78, 5) is 19.1. The average Bonchev–Trinajstić information content (AvgIpc) is 2.40. The molecule has 8 heteroatoms. The largest absolute Gasteiger partial charge is 0.383 e. The first-order valence-electron chi connectivity index (χ1n) is 5.93. The zero-order valence-electron chi connectivity index (χ0n) is 11.0. The Balaban J connectivity index is 2.47. The van der Waals surface area contributed by atoms with Gasteiger partial charge in [0.05, 0.1) is 19.3 Å². The molecular formula is C11H18FN5O2. The lowest BCUT2D eigenvalue weighted by Crippen LogP contribution is -2.32. The van der Waals surface area contributed by atoms with Gasteiger partial charge in [-0.1, -0.05) is 0 Å². The van der Waals surface area contributed by atoms with Gasteiger partial charge in [0.15, 0.2) is 11.6 Å². The summed E-state index contributed by atoms with van der Waals surface area (Å²) in [7, 11) is 1.54. The normalized spacial score (nSPS) is 10.1. The van der Waals surface area contributed by atoms with Crippen molar-refractivity contribution in [2.24, 2.45) is 0 Å². The molecule has 1 rings (SSSR count). The Morgan fingerprint density at radius 3 is 2.95 bits per heavy atom. The summed E-state index contributed by atoms with van der Waals surface area (Å²) in [6.45, 7) is 3.28. The van der Waals surface area contributed by atoms with Gasteiger partial charge in [-0.25, -0.2) is 9.37 Å². The maximum atomic E-state index is 13.4. The molecule has 0 aliphatic rings. The van der Waals surface area contributed by atoms with Gasteiger partial charge in [0.25, 0.3) is 0 Å². The fraction of sp³-hybridized carbons (Fsp3) is 0.545. The van der Waals surface area contributed by atoms with Gasteiger partial charge in [0.2, 0.25) is 11.9 Å². The summed E-state index contributed by atoms with van der Waals surface area (Å²) in [6.07, 6.45) is 1.05. The van der Waals surface area contributed by atoms with Crippen LogP contribution in [0, 0.1) is 5.82 Å². The molecule has 1 amide bonds. The number of aromatic nitrogens is 2. The second-order valence-electron chi connectivity index (χ2n) is 3.62. The highest BCUT2D eigenvalue weighted by Gasteiger charge is 2.08. The third kappa shape index (κ3) is 5.47. The highest BCUT2D eigenvalue weighted by atomic mass is 19.1. The fourth-order valence-electron chi connectivity index (χ4n) is 1.25. The van der Waals surface area contributed by atoms with E-state index in [-0.39, 0.29) is 18.3 Å². The molecule has 0 saturated heterocycles. The zero-order chi connectivity index (χ0) is 14.1. The Morgan fingerprint density at radius 2 is 2.26 bits per heavy atom. The molecule has 0 bridgehead atoms. The molecule has 0 aliphatic heterocycles. The van der Waals surface area contributed by atoms with E-state index in [4.69, 9.17) is 4.74 Å².